The van der Waals surface area contributed by atoms with Crippen molar-refractivity contribution in [2.45, 2.75) is 6.61 Å². The minimum absolute atomic E-state index is 1.12. The van der Waals surface area contributed by atoms with Gasteiger partial charge in [-0.1, -0.05) is 0 Å². The minimum atomic E-state index is -3.62. The quantitative estimate of drug-likeness (QED) is 0.528. The summed E-state index contributed by atoms with van der Waals surface area (Å²) >= 11 is 2.25. The molecule has 1 aromatic rings. The molecule has 0 aliphatic rings. The van der Waals surface area contributed by atoms with Crippen LogP contribution in [0.5, 0.6) is 5.75 Å². The number of benzene rings is 1. The fourth-order valence-electron chi connectivity index (χ4n) is 1.00. The highest BCUT2D eigenvalue weighted by atomic mass is 79.9. The zero-order valence-electron chi connectivity index (χ0n) is 7.61. The maximum absolute atomic E-state index is 13.2. The van der Waals surface area contributed by atoms with Crippen molar-refractivity contribution in [2.75, 3.05) is 0 Å². The van der Waals surface area contributed by atoms with Gasteiger partial charge in [-0.3, -0.25) is 0 Å². The molecule has 0 spiro atoms. The number of hydrogen-bond acceptors (Lipinski definition) is 2. The van der Waals surface area contributed by atoms with Crippen molar-refractivity contribution >= 4 is 21.9 Å². The number of alkyl halides is 2. The van der Waals surface area contributed by atoms with Crippen LogP contribution in [0.15, 0.2) is 4.47 Å². The summed E-state index contributed by atoms with van der Waals surface area (Å²) in [5.41, 5.74) is -1.52. The Labute approximate surface area is 98.9 Å². The lowest BCUT2D eigenvalue weighted by atomic mass is 10.1. The Morgan fingerprint density at radius 1 is 1.18 bits per heavy atom. The molecule has 17 heavy (non-hydrogen) atoms. The van der Waals surface area contributed by atoms with Crippen LogP contribution in [0, 0.1) is 17.5 Å². The van der Waals surface area contributed by atoms with E-state index in [1.807, 2.05) is 0 Å². The third-order valence-electron chi connectivity index (χ3n) is 1.64. The molecule has 3 nitrogen and oxygen atoms in total. The standard InChI is InChI=1S/C8H2BrF5O3/c9-2-3(10)1(7(15)16)6(17-8(13)14)5(12)4(2)11/h8H,(H,15,16). The van der Waals surface area contributed by atoms with Crippen LogP contribution in [0.1, 0.15) is 10.4 Å². The second-order valence-corrected chi connectivity index (χ2v) is 3.44. The lowest BCUT2D eigenvalue weighted by Crippen LogP contribution is -2.13. The van der Waals surface area contributed by atoms with Crippen molar-refractivity contribution in [2.24, 2.45) is 0 Å². The summed E-state index contributed by atoms with van der Waals surface area (Å²) in [6.07, 6.45) is 0. The average molecular weight is 321 g/mol. The van der Waals surface area contributed by atoms with E-state index in [1.54, 1.807) is 0 Å². The minimum Gasteiger partial charge on any atom is -0.477 e. The van der Waals surface area contributed by atoms with E-state index in [9.17, 15) is 26.7 Å². The van der Waals surface area contributed by atoms with E-state index in [-0.39, 0.29) is 0 Å². The van der Waals surface area contributed by atoms with E-state index in [2.05, 4.69) is 20.7 Å². The van der Waals surface area contributed by atoms with Crippen molar-refractivity contribution < 1.29 is 36.6 Å². The Bertz CT molecular complexity index is 477. The molecule has 9 heteroatoms. The zero-order chi connectivity index (χ0) is 13.3. The van der Waals surface area contributed by atoms with E-state index in [0.29, 0.717) is 0 Å². The van der Waals surface area contributed by atoms with Crippen LogP contribution in [0.2, 0.25) is 0 Å². The van der Waals surface area contributed by atoms with Gasteiger partial charge in [-0.2, -0.15) is 13.2 Å². The molecule has 1 rings (SSSR count). The molecule has 0 amide bonds. The van der Waals surface area contributed by atoms with Gasteiger partial charge in [0.25, 0.3) is 0 Å². The first kappa shape index (κ1) is 13.7. The highest BCUT2D eigenvalue weighted by Crippen LogP contribution is 2.34. The van der Waals surface area contributed by atoms with Crippen molar-refractivity contribution in [3.63, 3.8) is 0 Å². The second kappa shape index (κ2) is 4.86. The van der Waals surface area contributed by atoms with Crippen molar-refractivity contribution in [3.8, 4) is 5.75 Å². The summed E-state index contributed by atoms with van der Waals surface area (Å²) in [7, 11) is 0. The number of halogens is 6. The highest BCUT2D eigenvalue weighted by molar-refractivity contribution is 9.10. The molecule has 0 saturated carbocycles. The van der Waals surface area contributed by atoms with E-state index < -0.39 is 45.8 Å². The molecule has 0 fully saturated rings. The van der Waals surface area contributed by atoms with E-state index >= 15 is 0 Å². The van der Waals surface area contributed by atoms with Crippen LogP contribution in [0.3, 0.4) is 0 Å². The molecule has 1 N–H and O–H groups in total. The summed E-state index contributed by atoms with van der Waals surface area (Å²) in [6.45, 7) is -3.62. The van der Waals surface area contributed by atoms with E-state index in [0.717, 1.165) is 0 Å². The lowest BCUT2D eigenvalue weighted by molar-refractivity contribution is -0.0532. The molecular weight excluding hydrogens is 319 g/mol. The third-order valence-corrected chi connectivity index (χ3v) is 2.34. The van der Waals surface area contributed by atoms with Gasteiger partial charge in [-0.05, 0) is 15.9 Å². The summed E-state index contributed by atoms with van der Waals surface area (Å²) in [4.78, 5) is 10.6. The van der Waals surface area contributed by atoms with Gasteiger partial charge in [0.1, 0.15) is 5.56 Å². The van der Waals surface area contributed by atoms with Crippen LogP contribution in [-0.2, 0) is 0 Å². The van der Waals surface area contributed by atoms with Crippen molar-refractivity contribution in [1.29, 1.82) is 0 Å². The Morgan fingerprint density at radius 3 is 2.12 bits per heavy atom. The first-order valence-corrected chi connectivity index (χ1v) is 4.60. The van der Waals surface area contributed by atoms with Gasteiger partial charge in [-0.25, -0.2) is 13.6 Å². The molecule has 0 radical (unpaired) electrons. The van der Waals surface area contributed by atoms with Crippen molar-refractivity contribution in [3.05, 3.63) is 27.5 Å². The molecule has 0 aliphatic carbocycles. The van der Waals surface area contributed by atoms with Gasteiger partial charge in [0.15, 0.2) is 17.4 Å². The van der Waals surface area contributed by atoms with E-state index in [1.165, 1.54) is 0 Å². The number of ether oxygens (including phenoxy) is 1. The summed E-state index contributed by atoms with van der Waals surface area (Å²) in [5.74, 6) is -9.38. The lowest BCUT2D eigenvalue weighted by Gasteiger charge is -2.11. The van der Waals surface area contributed by atoms with Crippen LogP contribution in [0.25, 0.3) is 0 Å². The molecule has 0 heterocycles. The molecule has 0 unspecified atom stereocenters. The number of rotatable bonds is 3. The monoisotopic (exact) mass is 320 g/mol. The largest absolute Gasteiger partial charge is 0.477 e. The fraction of sp³-hybridized carbons (Fsp3) is 0.125. The van der Waals surface area contributed by atoms with E-state index in [4.69, 9.17) is 5.11 Å². The van der Waals surface area contributed by atoms with Gasteiger partial charge >= 0.3 is 12.6 Å². The van der Waals surface area contributed by atoms with Crippen LogP contribution in [-0.4, -0.2) is 17.7 Å². The molecule has 0 atom stereocenters. The summed E-state index contributed by atoms with van der Waals surface area (Å²) in [6, 6.07) is 0. The Balaban J connectivity index is 3.59. The maximum Gasteiger partial charge on any atom is 0.387 e. The van der Waals surface area contributed by atoms with Gasteiger partial charge in [-0.15, -0.1) is 0 Å². The average Bonchev–Trinajstić information content (AvgIpc) is 2.22. The molecule has 0 bridgehead atoms. The van der Waals surface area contributed by atoms with Gasteiger partial charge in [0, 0.05) is 0 Å². The topological polar surface area (TPSA) is 46.5 Å². The van der Waals surface area contributed by atoms with Gasteiger partial charge in [0.2, 0.25) is 5.82 Å². The van der Waals surface area contributed by atoms with Gasteiger partial charge in [0.05, 0.1) is 4.47 Å². The van der Waals surface area contributed by atoms with Crippen LogP contribution in [0.4, 0.5) is 22.0 Å². The number of carbonyl (C=O) groups is 1. The molecule has 0 saturated heterocycles. The SMILES string of the molecule is O=C(O)c1c(F)c(Br)c(F)c(F)c1OC(F)F. The van der Waals surface area contributed by atoms with Crippen LogP contribution >= 0.6 is 15.9 Å². The van der Waals surface area contributed by atoms with Crippen molar-refractivity contribution in [1.82, 2.24) is 0 Å². The predicted octanol–water partition coefficient (Wildman–Crippen LogP) is 3.17. The summed E-state index contributed by atoms with van der Waals surface area (Å²) in [5, 5.41) is 8.52. The number of aromatic carboxylic acids is 1. The first-order valence-electron chi connectivity index (χ1n) is 3.81. The fourth-order valence-corrected chi connectivity index (χ4v) is 1.37. The van der Waals surface area contributed by atoms with Crippen LogP contribution < -0.4 is 4.74 Å². The molecule has 0 aliphatic heterocycles. The number of carboxylic acids is 1. The highest BCUT2D eigenvalue weighted by Gasteiger charge is 2.30. The second-order valence-electron chi connectivity index (χ2n) is 2.64. The normalized spacial score (nSPS) is 10.8. The Hall–Kier alpha value is -1.38. The molecule has 1 aromatic carbocycles. The van der Waals surface area contributed by atoms with Gasteiger partial charge < -0.3 is 9.84 Å². The maximum atomic E-state index is 13.2. The molecule has 0 aromatic heterocycles. The smallest absolute Gasteiger partial charge is 0.387 e. The molecular formula is C8H2BrF5O3. The predicted molar refractivity (Wildman–Crippen MR) is 47.6 cm³/mol. The Morgan fingerprint density at radius 2 is 1.71 bits per heavy atom. The number of hydrogen-bond donors (Lipinski definition) is 1. The molecule has 94 valence electrons. The third kappa shape index (κ3) is 2.48. The summed E-state index contributed by atoms with van der Waals surface area (Å²) < 4.78 is 65.4. The zero-order valence-corrected chi connectivity index (χ0v) is 9.19. The first-order chi connectivity index (χ1) is 7.77. The number of carboxylic acid groups (broad SMARTS) is 1. The Kier molecular flexibility index (Phi) is 3.91.